The van der Waals surface area contributed by atoms with Crippen molar-refractivity contribution >= 4 is 0 Å². The van der Waals surface area contributed by atoms with Gasteiger partial charge in [0.15, 0.2) is 11.6 Å². The Bertz CT molecular complexity index is 470. The molecule has 0 heterocycles. The van der Waals surface area contributed by atoms with Crippen molar-refractivity contribution in [2.24, 2.45) is 11.3 Å². The van der Waals surface area contributed by atoms with Gasteiger partial charge in [0.1, 0.15) is 0 Å². The van der Waals surface area contributed by atoms with Gasteiger partial charge in [0.25, 0.3) is 0 Å². The summed E-state index contributed by atoms with van der Waals surface area (Å²) >= 11 is 0. The van der Waals surface area contributed by atoms with Gasteiger partial charge in [-0.15, -0.1) is 0 Å². The summed E-state index contributed by atoms with van der Waals surface area (Å²) in [6.07, 6.45) is 3.55. The molecule has 1 aliphatic carbocycles. The Morgan fingerprint density at radius 1 is 1.25 bits per heavy atom. The predicted molar refractivity (Wildman–Crippen MR) is 78.5 cm³/mol. The van der Waals surface area contributed by atoms with Crippen molar-refractivity contribution in [3.05, 3.63) is 35.4 Å². The molecule has 1 fully saturated rings. The van der Waals surface area contributed by atoms with Crippen molar-refractivity contribution in [1.29, 1.82) is 0 Å². The highest BCUT2D eigenvalue weighted by molar-refractivity contribution is 5.21. The van der Waals surface area contributed by atoms with E-state index in [-0.39, 0.29) is 6.04 Å². The van der Waals surface area contributed by atoms with Crippen LogP contribution in [0.1, 0.15) is 58.6 Å². The molecule has 1 N–H and O–H groups in total. The SMILES string of the molecule is CC(NC1CCC(C)(C)CC1C)c1ccc(F)c(F)c1. The minimum atomic E-state index is -0.784. The van der Waals surface area contributed by atoms with Crippen molar-refractivity contribution in [1.82, 2.24) is 5.32 Å². The van der Waals surface area contributed by atoms with Gasteiger partial charge in [-0.25, -0.2) is 8.78 Å². The summed E-state index contributed by atoms with van der Waals surface area (Å²) < 4.78 is 26.3. The predicted octanol–water partition coefficient (Wildman–Crippen LogP) is 4.83. The molecule has 1 aromatic carbocycles. The van der Waals surface area contributed by atoms with Crippen molar-refractivity contribution < 1.29 is 8.78 Å². The van der Waals surface area contributed by atoms with Crippen molar-refractivity contribution in [3.8, 4) is 0 Å². The molecule has 20 heavy (non-hydrogen) atoms. The molecule has 1 aliphatic rings. The third-order valence-corrected chi connectivity index (χ3v) is 4.60. The zero-order valence-electron chi connectivity index (χ0n) is 12.8. The van der Waals surface area contributed by atoms with Gasteiger partial charge < -0.3 is 5.32 Å². The second-order valence-corrected chi connectivity index (χ2v) is 7.05. The Morgan fingerprint density at radius 3 is 2.55 bits per heavy atom. The van der Waals surface area contributed by atoms with Crippen LogP contribution < -0.4 is 5.32 Å². The number of rotatable bonds is 3. The molecule has 112 valence electrons. The van der Waals surface area contributed by atoms with Crippen LogP contribution in [0.5, 0.6) is 0 Å². The quantitative estimate of drug-likeness (QED) is 0.836. The summed E-state index contributed by atoms with van der Waals surface area (Å²) in [5.41, 5.74) is 1.23. The van der Waals surface area contributed by atoms with Gasteiger partial charge >= 0.3 is 0 Å². The maximum Gasteiger partial charge on any atom is 0.159 e. The first-order chi connectivity index (χ1) is 9.28. The van der Waals surface area contributed by atoms with E-state index in [1.54, 1.807) is 6.07 Å². The second kappa shape index (κ2) is 5.80. The molecule has 0 saturated heterocycles. The fourth-order valence-corrected chi connectivity index (χ4v) is 3.39. The number of benzene rings is 1. The zero-order valence-corrected chi connectivity index (χ0v) is 12.8. The minimum Gasteiger partial charge on any atom is -0.307 e. The normalized spacial score (nSPS) is 27.3. The smallest absolute Gasteiger partial charge is 0.159 e. The number of hydrogen-bond donors (Lipinski definition) is 1. The fourth-order valence-electron chi connectivity index (χ4n) is 3.39. The first-order valence-corrected chi connectivity index (χ1v) is 7.49. The molecule has 0 aromatic heterocycles. The van der Waals surface area contributed by atoms with Crippen molar-refractivity contribution in [2.45, 2.75) is 59.0 Å². The maximum absolute atomic E-state index is 13.3. The van der Waals surface area contributed by atoms with E-state index in [9.17, 15) is 8.78 Å². The zero-order chi connectivity index (χ0) is 14.9. The lowest BCUT2D eigenvalue weighted by Crippen LogP contribution is -2.42. The van der Waals surface area contributed by atoms with E-state index in [1.807, 2.05) is 6.92 Å². The lowest BCUT2D eigenvalue weighted by atomic mass is 9.70. The maximum atomic E-state index is 13.3. The van der Waals surface area contributed by atoms with E-state index in [1.165, 1.54) is 25.0 Å². The van der Waals surface area contributed by atoms with Gasteiger partial charge in [-0.3, -0.25) is 0 Å². The first kappa shape index (κ1) is 15.4. The van der Waals surface area contributed by atoms with Crippen LogP contribution in [0.25, 0.3) is 0 Å². The standard InChI is InChI=1S/C17H25F2N/c1-11-10-17(3,4)8-7-16(11)20-12(2)13-5-6-14(18)15(19)9-13/h5-6,9,11-12,16,20H,7-8,10H2,1-4H3. The number of hydrogen-bond acceptors (Lipinski definition) is 1. The molecule has 0 spiro atoms. The third-order valence-electron chi connectivity index (χ3n) is 4.60. The highest BCUT2D eigenvalue weighted by Crippen LogP contribution is 2.39. The van der Waals surface area contributed by atoms with Gasteiger partial charge in [0.2, 0.25) is 0 Å². The van der Waals surface area contributed by atoms with E-state index in [4.69, 9.17) is 0 Å². The van der Waals surface area contributed by atoms with Crippen LogP contribution in [-0.2, 0) is 0 Å². The van der Waals surface area contributed by atoms with Crippen molar-refractivity contribution in [2.75, 3.05) is 0 Å². The van der Waals surface area contributed by atoms with Gasteiger partial charge in [-0.1, -0.05) is 26.8 Å². The molecule has 0 radical (unpaired) electrons. The minimum absolute atomic E-state index is 0.0405. The third kappa shape index (κ3) is 3.57. The molecular formula is C17H25F2N. The molecule has 0 aliphatic heterocycles. The van der Waals surface area contributed by atoms with Crippen LogP contribution in [0.4, 0.5) is 8.78 Å². The second-order valence-electron chi connectivity index (χ2n) is 7.05. The van der Waals surface area contributed by atoms with E-state index in [0.717, 1.165) is 12.0 Å². The Hall–Kier alpha value is -0.960. The molecular weight excluding hydrogens is 256 g/mol. The summed E-state index contributed by atoms with van der Waals surface area (Å²) in [5, 5.41) is 3.58. The molecule has 0 bridgehead atoms. The summed E-state index contributed by atoms with van der Waals surface area (Å²) in [7, 11) is 0. The van der Waals surface area contributed by atoms with Gasteiger partial charge in [-0.05, 0) is 55.2 Å². The number of nitrogens with one attached hydrogen (secondary N) is 1. The fraction of sp³-hybridized carbons (Fsp3) is 0.647. The highest BCUT2D eigenvalue weighted by atomic mass is 19.2. The van der Waals surface area contributed by atoms with Gasteiger partial charge in [-0.2, -0.15) is 0 Å². The summed E-state index contributed by atoms with van der Waals surface area (Å²) in [4.78, 5) is 0. The molecule has 1 saturated carbocycles. The van der Waals surface area contributed by atoms with Crippen molar-refractivity contribution in [3.63, 3.8) is 0 Å². The van der Waals surface area contributed by atoms with Gasteiger partial charge in [0.05, 0.1) is 0 Å². The molecule has 3 unspecified atom stereocenters. The van der Waals surface area contributed by atoms with Crippen LogP contribution >= 0.6 is 0 Å². The first-order valence-electron chi connectivity index (χ1n) is 7.49. The Balaban J connectivity index is 2.01. The van der Waals surface area contributed by atoms with Crippen LogP contribution in [0.3, 0.4) is 0 Å². The molecule has 0 amide bonds. The van der Waals surface area contributed by atoms with Crippen LogP contribution in [0.15, 0.2) is 18.2 Å². The number of halogens is 2. The Labute approximate surface area is 120 Å². The average molecular weight is 281 g/mol. The summed E-state index contributed by atoms with van der Waals surface area (Å²) in [6.45, 7) is 8.92. The van der Waals surface area contributed by atoms with E-state index in [0.29, 0.717) is 17.4 Å². The van der Waals surface area contributed by atoms with Crippen LogP contribution in [0.2, 0.25) is 0 Å². The Kier molecular flexibility index (Phi) is 4.48. The molecule has 3 atom stereocenters. The topological polar surface area (TPSA) is 12.0 Å². The monoisotopic (exact) mass is 281 g/mol. The lowest BCUT2D eigenvalue weighted by molar-refractivity contribution is 0.143. The van der Waals surface area contributed by atoms with E-state index < -0.39 is 11.6 Å². The largest absolute Gasteiger partial charge is 0.307 e. The average Bonchev–Trinajstić information content (AvgIpc) is 2.35. The molecule has 1 aromatic rings. The van der Waals surface area contributed by atoms with Gasteiger partial charge in [0, 0.05) is 12.1 Å². The molecule has 3 heteroatoms. The van der Waals surface area contributed by atoms with Crippen LogP contribution in [-0.4, -0.2) is 6.04 Å². The molecule has 2 rings (SSSR count). The molecule has 1 nitrogen and oxygen atoms in total. The van der Waals surface area contributed by atoms with E-state index in [2.05, 4.69) is 26.1 Å². The van der Waals surface area contributed by atoms with Crippen LogP contribution in [0, 0.1) is 23.0 Å². The summed E-state index contributed by atoms with van der Waals surface area (Å²) in [5.74, 6) is -0.950. The highest BCUT2D eigenvalue weighted by Gasteiger charge is 2.32. The lowest BCUT2D eigenvalue weighted by Gasteiger charge is -2.40. The Morgan fingerprint density at radius 2 is 1.95 bits per heavy atom. The van der Waals surface area contributed by atoms with E-state index >= 15 is 0 Å². The summed E-state index contributed by atoms with van der Waals surface area (Å²) in [6, 6.07) is 4.65.